The van der Waals surface area contributed by atoms with Gasteiger partial charge in [0.05, 0.1) is 17.8 Å². The normalized spacial score (nSPS) is 11.3. The first-order valence-electron chi connectivity index (χ1n) is 5.03. The second-order valence-electron chi connectivity index (χ2n) is 3.48. The summed E-state index contributed by atoms with van der Waals surface area (Å²) in [5, 5.41) is 20.6. The lowest BCUT2D eigenvalue weighted by molar-refractivity contribution is -0.138. The van der Waals surface area contributed by atoms with Gasteiger partial charge in [0.1, 0.15) is 6.04 Å². The second-order valence-corrected chi connectivity index (χ2v) is 3.89. The van der Waals surface area contributed by atoms with Gasteiger partial charge >= 0.3 is 5.97 Å². The Morgan fingerprint density at radius 1 is 1.67 bits per heavy atom. The van der Waals surface area contributed by atoms with Crippen molar-refractivity contribution in [3.63, 3.8) is 0 Å². The van der Waals surface area contributed by atoms with E-state index in [1.165, 1.54) is 12.1 Å². The molecule has 7 heteroatoms. The Morgan fingerprint density at radius 3 is 2.94 bits per heavy atom. The number of hydrogen-bond donors (Lipinski definition) is 2. The summed E-state index contributed by atoms with van der Waals surface area (Å²) in [5.74, 6) is -1.11. The molecular weight excluding hydrogens is 254 g/mol. The molecule has 0 aliphatic heterocycles. The van der Waals surface area contributed by atoms with Crippen LogP contribution < -0.4 is 5.23 Å². The van der Waals surface area contributed by atoms with Gasteiger partial charge in [0, 0.05) is 5.02 Å². The average Bonchev–Trinajstić information content (AvgIpc) is 2.36. The molecule has 0 aliphatic rings. The maximum absolute atomic E-state index is 11.0. The van der Waals surface area contributed by atoms with Gasteiger partial charge in [0.15, 0.2) is 0 Å². The van der Waals surface area contributed by atoms with E-state index in [1.54, 1.807) is 6.07 Å². The van der Waals surface area contributed by atoms with Crippen LogP contribution in [0.3, 0.4) is 0 Å². The van der Waals surface area contributed by atoms with E-state index in [2.05, 4.69) is 5.23 Å². The minimum Gasteiger partial charge on any atom is -0.480 e. The van der Waals surface area contributed by atoms with Gasteiger partial charge in [0.2, 0.25) is 0 Å². The lowest BCUT2D eigenvalue weighted by Gasteiger charge is -2.13. The Hall–Kier alpha value is -1.84. The van der Waals surface area contributed by atoms with Crippen LogP contribution in [0.15, 0.2) is 18.2 Å². The molecule has 1 atom stereocenters. The number of nitrogens with zero attached hydrogens (tertiary/aromatic N) is 1. The van der Waals surface area contributed by atoms with Crippen LogP contribution in [0.25, 0.3) is 0 Å². The van der Waals surface area contributed by atoms with Gasteiger partial charge in [-0.1, -0.05) is 11.6 Å². The minimum absolute atomic E-state index is 0.0774. The number of carboxylic acid groups (broad SMARTS) is 1. The highest BCUT2D eigenvalue weighted by atomic mass is 35.5. The molecule has 0 aromatic heterocycles. The largest absolute Gasteiger partial charge is 0.480 e. The molecule has 0 spiro atoms. The highest BCUT2D eigenvalue weighted by molar-refractivity contribution is 6.64. The second kappa shape index (κ2) is 6.79. The molecule has 1 radical (unpaired) electrons. The minimum atomic E-state index is -1.11. The summed E-state index contributed by atoms with van der Waals surface area (Å²) in [6, 6.07) is 5.60. The smallest absolute Gasteiger partial charge is 0.320 e. The standard InChI is InChI=1S/C11H9BClN2O3/c13-9-2-1-7(5-14)3-8(9)4-10(11(17)18)15-12-6-16/h1-3,6,10,15H,4H2,(H,17,18)/t10-/m0/s1. The first kappa shape index (κ1) is 14.2. The van der Waals surface area contributed by atoms with Crippen LogP contribution in [0.5, 0.6) is 0 Å². The van der Waals surface area contributed by atoms with Gasteiger partial charge in [-0.2, -0.15) is 5.26 Å². The molecule has 5 nitrogen and oxygen atoms in total. The highest BCUT2D eigenvalue weighted by Crippen LogP contribution is 2.19. The van der Waals surface area contributed by atoms with Crippen molar-refractivity contribution in [3.05, 3.63) is 34.3 Å². The molecule has 0 aliphatic carbocycles. The SMILES string of the molecule is N#Cc1ccc(Cl)c(C[C@H](N[B]C=O)C(=O)O)c1. The predicted octanol–water partition coefficient (Wildman–Crippen LogP) is 0.606. The lowest BCUT2D eigenvalue weighted by Crippen LogP contribution is -2.41. The Morgan fingerprint density at radius 2 is 2.39 bits per heavy atom. The summed E-state index contributed by atoms with van der Waals surface area (Å²) in [7, 11) is 1.01. The molecule has 0 saturated carbocycles. The fraction of sp³-hybridized carbons (Fsp3) is 0.182. The van der Waals surface area contributed by atoms with E-state index in [0.29, 0.717) is 22.3 Å². The van der Waals surface area contributed by atoms with E-state index in [1.807, 2.05) is 6.07 Å². The van der Waals surface area contributed by atoms with Crippen molar-refractivity contribution >= 4 is 31.2 Å². The fourth-order valence-corrected chi connectivity index (χ4v) is 1.59. The van der Waals surface area contributed by atoms with E-state index >= 15 is 0 Å². The topological polar surface area (TPSA) is 90.2 Å². The van der Waals surface area contributed by atoms with Crippen molar-refractivity contribution in [3.8, 4) is 6.07 Å². The highest BCUT2D eigenvalue weighted by Gasteiger charge is 2.18. The molecule has 18 heavy (non-hydrogen) atoms. The number of nitrogens with one attached hydrogen (secondary N) is 1. The molecule has 0 saturated heterocycles. The zero-order valence-electron chi connectivity index (χ0n) is 9.26. The van der Waals surface area contributed by atoms with E-state index < -0.39 is 12.0 Å². The molecule has 91 valence electrons. The third-order valence-corrected chi connectivity index (χ3v) is 2.63. The Balaban J connectivity index is 2.89. The Labute approximate surface area is 110 Å². The first-order valence-corrected chi connectivity index (χ1v) is 5.40. The van der Waals surface area contributed by atoms with Gasteiger partial charge in [-0.25, -0.2) is 0 Å². The number of carboxylic acids is 1. The summed E-state index contributed by atoms with van der Waals surface area (Å²) < 4.78 is 0. The van der Waals surface area contributed by atoms with Crippen molar-refractivity contribution in [2.75, 3.05) is 0 Å². The van der Waals surface area contributed by atoms with Gasteiger partial charge in [-0.05, 0) is 30.2 Å². The van der Waals surface area contributed by atoms with Crippen LogP contribution in [0.4, 0.5) is 0 Å². The quantitative estimate of drug-likeness (QED) is 0.579. The van der Waals surface area contributed by atoms with Gasteiger partial charge < -0.3 is 15.1 Å². The van der Waals surface area contributed by atoms with Crippen LogP contribution >= 0.6 is 11.6 Å². The van der Waals surface area contributed by atoms with Crippen LogP contribution in [-0.4, -0.2) is 30.7 Å². The molecule has 2 N–H and O–H groups in total. The summed E-state index contributed by atoms with van der Waals surface area (Å²) >= 11 is 5.93. The molecule has 0 bridgehead atoms. The molecule has 0 amide bonds. The monoisotopic (exact) mass is 263 g/mol. The number of hydrogen-bond acceptors (Lipinski definition) is 4. The number of carbonyl (C=O) groups excluding carboxylic acids is 1. The summed E-state index contributed by atoms with van der Waals surface area (Å²) in [6.45, 7) is 0. The molecule has 1 aromatic carbocycles. The van der Waals surface area contributed by atoms with Crippen LogP contribution in [0.1, 0.15) is 11.1 Å². The van der Waals surface area contributed by atoms with E-state index in [0.717, 1.165) is 7.41 Å². The zero-order chi connectivity index (χ0) is 13.5. The van der Waals surface area contributed by atoms with Gasteiger partial charge in [0.25, 0.3) is 7.41 Å². The van der Waals surface area contributed by atoms with E-state index in [-0.39, 0.29) is 6.42 Å². The lowest BCUT2D eigenvalue weighted by atomic mass is 9.94. The van der Waals surface area contributed by atoms with Gasteiger partial charge in [-0.3, -0.25) is 4.79 Å². The maximum Gasteiger partial charge on any atom is 0.320 e. The molecule has 0 unspecified atom stereocenters. The Kier molecular flexibility index (Phi) is 5.37. The number of carbonyl (C=O) groups is 2. The van der Waals surface area contributed by atoms with Crippen molar-refractivity contribution in [2.45, 2.75) is 12.5 Å². The van der Waals surface area contributed by atoms with E-state index in [9.17, 15) is 9.59 Å². The predicted molar refractivity (Wildman–Crippen MR) is 66.9 cm³/mol. The number of benzene rings is 1. The third-order valence-electron chi connectivity index (χ3n) is 2.26. The van der Waals surface area contributed by atoms with E-state index in [4.69, 9.17) is 22.0 Å². The molecule has 0 fully saturated rings. The summed E-state index contributed by atoms with van der Waals surface area (Å²) in [6.07, 6.45) is 0.539. The molecule has 0 heterocycles. The number of halogens is 1. The van der Waals surface area contributed by atoms with Crippen LogP contribution in [0, 0.1) is 11.3 Å². The zero-order valence-corrected chi connectivity index (χ0v) is 10.0. The van der Waals surface area contributed by atoms with Crippen molar-refractivity contribution in [1.29, 1.82) is 5.26 Å². The molecular formula is C11H9BClN2O3. The van der Waals surface area contributed by atoms with Crippen molar-refractivity contribution < 1.29 is 14.7 Å². The van der Waals surface area contributed by atoms with Crippen LogP contribution in [-0.2, 0) is 16.0 Å². The maximum atomic E-state index is 11.0. The summed E-state index contributed by atoms with van der Waals surface area (Å²) in [5.41, 5.74) is 0.938. The van der Waals surface area contributed by atoms with Crippen molar-refractivity contribution in [2.24, 2.45) is 0 Å². The number of aliphatic carboxylic acids is 1. The summed E-state index contributed by atoms with van der Waals surface area (Å²) in [4.78, 5) is 21.1. The fourth-order valence-electron chi connectivity index (χ4n) is 1.39. The van der Waals surface area contributed by atoms with Gasteiger partial charge in [-0.15, -0.1) is 0 Å². The number of rotatable bonds is 6. The number of nitriles is 1. The third kappa shape index (κ3) is 3.88. The molecule has 1 aromatic rings. The molecule has 1 rings (SSSR count). The average molecular weight is 263 g/mol. The van der Waals surface area contributed by atoms with Crippen molar-refractivity contribution in [1.82, 2.24) is 5.23 Å². The Bertz CT molecular complexity index is 502. The first-order chi connectivity index (χ1) is 8.58. The van der Waals surface area contributed by atoms with Crippen LogP contribution in [0.2, 0.25) is 5.02 Å².